The van der Waals surface area contributed by atoms with E-state index in [0.29, 0.717) is 4.70 Å². The second-order valence-electron chi connectivity index (χ2n) is 6.51. The molecule has 3 heterocycles. The number of aromatic nitrogens is 2. The summed E-state index contributed by atoms with van der Waals surface area (Å²) in [6.07, 6.45) is 0. The van der Waals surface area contributed by atoms with E-state index in [-0.39, 0.29) is 5.52 Å². The first-order valence-corrected chi connectivity index (χ1v) is 10.4. The zero-order chi connectivity index (χ0) is 19.3. The zero-order valence-electron chi connectivity index (χ0n) is 15.0. The molecule has 0 saturated carbocycles. The first kappa shape index (κ1) is 17.6. The van der Waals surface area contributed by atoms with Crippen molar-refractivity contribution < 1.29 is 13.5 Å². The predicted octanol–water partition coefficient (Wildman–Crippen LogP) is 4.52. The van der Waals surface area contributed by atoms with Gasteiger partial charge in [-0.2, -0.15) is 0 Å². The quantitative estimate of drug-likeness (QED) is 0.489. The molecule has 0 atom stereocenters. The van der Waals surface area contributed by atoms with Crippen LogP contribution in [-0.2, 0) is 0 Å². The Morgan fingerprint density at radius 1 is 0.893 bits per heavy atom. The van der Waals surface area contributed by atoms with Gasteiger partial charge in [0, 0.05) is 32.2 Å². The molecule has 0 aliphatic carbocycles. The molecule has 0 bridgehead atoms. The molecule has 0 radical (unpaired) electrons. The van der Waals surface area contributed by atoms with Crippen LogP contribution in [0.1, 0.15) is 0 Å². The lowest BCUT2D eigenvalue weighted by Crippen LogP contribution is -2.46. The van der Waals surface area contributed by atoms with Gasteiger partial charge in [0.2, 0.25) is 0 Å². The van der Waals surface area contributed by atoms with Gasteiger partial charge in [-0.3, -0.25) is 0 Å². The molecule has 1 fully saturated rings. The molecule has 2 aromatic carbocycles. The van der Waals surface area contributed by atoms with E-state index < -0.39 is 11.6 Å². The van der Waals surface area contributed by atoms with E-state index in [1.807, 2.05) is 18.2 Å². The van der Waals surface area contributed by atoms with Gasteiger partial charge in [0.25, 0.3) is 0 Å². The normalized spacial score (nSPS) is 15.0. The highest BCUT2D eigenvalue weighted by molar-refractivity contribution is 7.22. The minimum atomic E-state index is -0.612. The molecule has 144 valence electrons. The van der Waals surface area contributed by atoms with Crippen LogP contribution in [0.25, 0.3) is 20.4 Å². The van der Waals surface area contributed by atoms with Gasteiger partial charge < -0.3 is 14.5 Å². The number of hydrogen-bond donors (Lipinski definition) is 0. The number of piperazine rings is 1. The van der Waals surface area contributed by atoms with Crippen molar-refractivity contribution in [3.63, 3.8) is 0 Å². The van der Waals surface area contributed by atoms with Gasteiger partial charge in [0.1, 0.15) is 22.6 Å². The van der Waals surface area contributed by atoms with E-state index >= 15 is 0 Å². The Bertz CT molecular complexity index is 1170. The van der Waals surface area contributed by atoms with Gasteiger partial charge >= 0.3 is 0 Å². The van der Waals surface area contributed by atoms with E-state index in [4.69, 9.17) is 9.72 Å². The van der Waals surface area contributed by atoms with Gasteiger partial charge in [-0.1, -0.05) is 28.7 Å². The molecular weight excluding hydrogens is 402 g/mol. The fraction of sp³-hybridized carbons (Fsp3) is 0.263. The fourth-order valence-electron chi connectivity index (χ4n) is 3.38. The van der Waals surface area contributed by atoms with Crippen molar-refractivity contribution in [1.82, 2.24) is 9.97 Å². The maximum atomic E-state index is 13.9. The second-order valence-corrected chi connectivity index (χ2v) is 8.53. The van der Waals surface area contributed by atoms with Crippen molar-refractivity contribution in [2.24, 2.45) is 0 Å². The summed E-state index contributed by atoms with van der Waals surface area (Å²) in [5.74, 6) is -0.404. The Hall–Kier alpha value is -2.52. The number of thiazole rings is 2. The van der Waals surface area contributed by atoms with Gasteiger partial charge in [-0.15, -0.1) is 0 Å². The van der Waals surface area contributed by atoms with Crippen molar-refractivity contribution in [1.29, 1.82) is 0 Å². The van der Waals surface area contributed by atoms with Crippen molar-refractivity contribution in [2.75, 3.05) is 43.1 Å². The fourth-order valence-corrected chi connectivity index (χ4v) is 5.47. The number of methoxy groups -OCH3 is 1. The van der Waals surface area contributed by atoms with E-state index in [1.54, 1.807) is 18.4 Å². The van der Waals surface area contributed by atoms with Crippen molar-refractivity contribution in [3.05, 3.63) is 42.0 Å². The summed E-state index contributed by atoms with van der Waals surface area (Å²) in [4.78, 5) is 13.5. The lowest BCUT2D eigenvalue weighted by molar-refractivity contribution is 0.419. The van der Waals surface area contributed by atoms with Crippen LogP contribution < -0.4 is 14.5 Å². The number of fused-ring (bicyclic) bond motifs is 2. The first-order chi connectivity index (χ1) is 13.6. The second kappa shape index (κ2) is 6.82. The SMILES string of the molecule is COc1cccc2sc(N3CCN(c4nc5c(F)cc(F)cc5s4)CC3)nc12. The van der Waals surface area contributed by atoms with Crippen molar-refractivity contribution in [3.8, 4) is 5.75 Å². The van der Waals surface area contributed by atoms with Gasteiger partial charge in [0.05, 0.1) is 16.5 Å². The molecule has 9 heteroatoms. The third kappa shape index (κ3) is 2.94. The number of ether oxygens (including phenoxy) is 1. The summed E-state index contributed by atoms with van der Waals surface area (Å²) >= 11 is 2.97. The molecule has 0 amide bonds. The number of hydrogen-bond acceptors (Lipinski definition) is 7. The molecule has 0 unspecified atom stereocenters. The molecule has 5 rings (SSSR count). The number of halogens is 2. The smallest absolute Gasteiger partial charge is 0.186 e. The summed E-state index contributed by atoms with van der Waals surface area (Å²) in [7, 11) is 1.65. The van der Waals surface area contributed by atoms with Crippen LogP contribution in [0.2, 0.25) is 0 Å². The molecule has 0 spiro atoms. The standard InChI is InChI=1S/C19H16F2N4OS2/c1-26-13-3-2-4-14-17(13)23-19(27-14)25-7-5-24(6-8-25)18-22-16-12(21)9-11(20)10-15(16)28-18/h2-4,9-10H,5-8H2,1H3. The Morgan fingerprint density at radius 3 is 2.21 bits per heavy atom. The summed E-state index contributed by atoms with van der Waals surface area (Å²) < 4.78 is 34.4. The van der Waals surface area contributed by atoms with Crippen LogP contribution in [0.4, 0.5) is 19.0 Å². The van der Waals surface area contributed by atoms with E-state index in [2.05, 4.69) is 14.8 Å². The average Bonchev–Trinajstić information content (AvgIpc) is 3.32. The zero-order valence-corrected chi connectivity index (χ0v) is 16.6. The molecule has 4 aromatic rings. The minimum Gasteiger partial charge on any atom is -0.494 e. The van der Waals surface area contributed by atoms with E-state index in [1.165, 1.54) is 17.4 Å². The van der Waals surface area contributed by atoms with Crippen LogP contribution in [0.3, 0.4) is 0 Å². The number of anilines is 2. The summed E-state index contributed by atoms with van der Waals surface area (Å²) in [6, 6.07) is 8.15. The molecule has 1 saturated heterocycles. The highest BCUT2D eigenvalue weighted by Crippen LogP contribution is 2.35. The molecule has 28 heavy (non-hydrogen) atoms. The summed E-state index contributed by atoms with van der Waals surface area (Å²) in [5, 5.41) is 1.70. The third-order valence-corrected chi connectivity index (χ3v) is 6.96. The lowest BCUT2D eigenvalue weighted by Gasteiger charge is -2.34. The molecule has 0 N–H and O–H groups in total. The summed E-state index contributed by atoms with van der Waals surface area (Å²) in [5.41, 5.74) is 1.12. The largest absolute Gasteiger partial charge is 0.494 e. The Kier molecular flexibility index (Phi) is 4.28. The number of nitrogens with zero attached hydrogens (tertiary/aromatic N) is 4. The van der Waals surface area contributed by atoms with Gasteiger partial charge in [0.15, 0.2) is 16.1 Å². The van der Waals surface area contributed by atoms with Crippen molar-refractivity contribution >= 4 is 53.4 Å². The van der Waals surface area contributed by atoms with Crippen LogP contribution in [0, 0.1) is 11.6 Å². The van der Waals surface area contributed by atoms with Crippen LogP contribution in [0.5, 0.6) is 5.75 Å². The molecule has 1 aliphatic rings. The Labute approximate surface area is 167 Å². The molecular formula is C19H16F2N4OS2. The Balaban J connectivity index is 1.36. The maximum absolute atomic E-state index is 13.9. The molecule has 1 aliphatic heterocycles. The van der Waals surface area contributed by atoms with Gasteiger partial charge in [-0.25, -0.2) is 18.7 Å². The maximum Gasteiger partial charge on any atom is 0.186 e. The number of rotatable bonds is 3. The van der Waals surface area contributed by atoms with Crippen LogP contribution in [-0.4, -0.2) is 43.3 Å². The first-order valence-electron chi connectivity index (χ1n) is 8.81. The molecule has 2 aromatic heterocycles. The topological polar surface area (TPSA) is 41.5 Å². The van der Waals surface area contributed by atoms with Crippen molar-refractivity contribution in [2.45, 2.75) is 0 Å². The van der Waals surface area contributed by atoms with Crippen LogP contribution >= 0.6 is 22.7 Å². The Morgan fingerprint density at radius 2 is 1.54 bits per heavy atom. The van der Waals surface area contributed by atoms with Gasteiger partial charge in [-0.05, 0) is 18.2 Å². The number of benzene rings is 2. The van der Waals surface area contributed by atoms with Crippen LogP contribution in [0.15, 0.2) is 30.3 Å². The van der Waals surface area contributed by atoms with E-state index in [0.717, 1.165) is 58.5 Å². The van der Waals surface area contributed by atoms with E-state index in [9.17, 15) is 8.78 Å². The summed E-state index contributed by atoms with van der Waals surface area (Å²) in [6.45, 7) is 3.07. The monoisotopic (exact) mass is 418 g/mol. The predicted molar refractivity (Wildman–Crippen MR) is 110 cm³/mol. The third-order valence-electron chi connectivity index (χ3n) is 4.81. The lowest BCUT2D eigenvalue weighted by atomic mass is 10.3. The molecule has 5 nitrogen and oxygen atoms in total. The highest BCUT2D eigenvalue weighted by Gasteiger charge is 2.23. The minimum absolute atomic E-state index is 0.238. The number of para-hydroxylation sites is 1. The highest BCUT2D eigenvalue weighted by atomic mass is 32.1. The average molecular weight is 418 g/mol.